The van der Waals surface area contributed by atoms with Gasteiger partial charge in [-0.15, -0.1) is 0 Å². The fraction of sp³-hybridized carbons (Fsp3) is 0.357. The number of aryl methyl sites for hydroxylation is 1. The molecule has 1 heteroatoms. The SMILES string of the molecule is C/C=C(/C)C=NCCCc1ccccc1. The molecule has 1 rings (SSSR count). The van der Waals surface area contributed by atoms with Crippen molar-refractivity contribution in [1.29, 1.82) is 0 Å². The highest BCUT2D eigenvalue weighted by atomic mass is 14.7. The molecule has 0 aliphatic carbocycles. The Hall–Kier alpha value is -1.37. The minimum atomic E-state index is 0.917. The summed E-state index contributed by atoms with van der Waals surface area (Å²) >= 11 is 0. The van der Waals surface area contributed by atoms with Crippen molar-refractivity contribution in [2.24, 2.45) is 4.99 Å². The Morgan fingerprint density at radius 3 is 2.67 bits per heavy atom. The lowest BCUT2D eigenvalue weighted by atomic mass is 10.1. The van der Waals surface area contributed by atoms with Crippen molar-refractivity contribution in [2.75, 3.05) is 6.54 Å². The van der Waals surface area contributed by atoms with Crippen molar-refractivity contribution < 1.29 is 0 Å². The summed E-state index contributed by atoms with van der Waals surface area (Å²) in [5.41, 5.74) is 2.63. The summed E-state index contributed by atoms with van der Waals surface area (Å²) in [6.45, 7) is 5.02. The van der Waals surface area contributed by atoms with Crippen LogP contribution in [-0.2, 0) is 6.42 Å². The van der Waals surface area contributed by atoms with Gasteiger partial charge in [0.15, 0.2) is 0 Å². The zero-order valence-electron chi connectivity index (χ0n) is 9.61. The number of allylic oxidation sites excluding steroid dienone is 2. The number of hydrogen-bond acceptors (Lipinski definition) is 1. The number of benzene rings is 1. The second-order valence-electron chi connectivity index (χ2n) is 3.66. The molecule has 0 atom stereocenters. The van der Waals surface area contributed by atoms with Crippen molar-refractivity contribution in [3.8, 4) is 0 Å². The lowest BCUT2D eigenvalue weighted by Gasteiger charge is -1.98. The number of aliphatic imine (C=N–C) groups is 1. The summed E-state index contributed by atoms with van der Waals surface area (Å²) in [7, 11) is 0. The van der Waals surface area contributed by atoms with E-state index in [0.717, 1.165) is 19.4 Å². The third-order valence-corrected chi connectivity index (χ3v) is 2.35. The van der Waals surface area contributed by atoms with Crippen LogP contribution in [0.25, 0.3) is 0 Å². The van der Waals surface area contributed by atoms with Gasteiger partial charge in [-0.2, -0.15) is 0 Å². The van der Waals surface area contributed by atoms with Crippen molar-refractivity contribution >= 4 is 6.21 Å². The summed E-state index contributed by atoms with van der Waals surface area (Å²) in [5.74, 6) is 0. The van der Waals surface area contributed by atoms with Crippen LogP contribution in [0.5, 0.6) is 0 Å². The van der Waals surface area contributed by atoms with Gasteiger partial charge in [0.1, 0.15) is 0 Å². The molecule has 80 valence electrons. The van der Waals surface area contributed by atoms with Gasteiger partial charge in [-0.3, -0.25) is 4.99 Å². The third-order valence-electron chi connectivity index (χ3n) is 2.35. The molecule has 0 saturated heterocycles. The second-order valence-corrected chi connectivity index (χ2v) is 3.66. The van der Waals surface area contributed by atoms with Crippen LogP contribution in [0.2, 0.25) is 0 Å². The molecule has 0 heterocycles. The maximum Gasteiger partial charge on any atom is 0.0392 e. The van der Waals surface area contributed by atoms with E-state index in [1.807, 2.05) is 13.1 Å². The molecular formula is C14H19N. The minimum Gasteiger partial charge on any atom is -0.293 e. The van der Waals surface area contributed by atoms with Gasteiger partial charge in [0.2, 0.25) is 0 Å². The fourth-order valence-electron chi connectivity index (χ4n) is 1.30. The molecule has 0 N–H and O–H groups in total. The zero-order chi connectivity index (χ0) is 10.9. The molecule has 0 spiro atoms. The van der Waals surface area contributed by atoms with Crippen LogP contribution < -0.4 is 0 Å². The molecule has 15 heavy (non-hydrogen) atoms. The summed E-state index contributed by atoms with van der Waals surface area (Å²) in [4.78, 5) is 4.36. The lowest BCUT2D eigenvalue weighted by Crippen LogP contribution is -1.89. The maximum atomic E-state index is 4.36. The highest BCUT2D eigenvalue weighted by molar-refractivity contribution is 5.77. The second kappa shape index (κ2) is 6.99. The highest BCUT2D eigenvalue weighted by Gasteiger charge is 1.89. The van der Waals surface area contributed by atoms with Gasteiger partial charge < -0.3 is 0 Å². The van der Waals surface area contributed by atoms with Gasteiger partial charge in [0.05, 0.1) is 0 Å². The number of nitrogens with zero attached hydrogens (tertiary/aromatic N) is 1. The van der Waals surface area contributed by atoms with E-state index in [1.54, 1.807) is 0 Å². The summed E-state index contributed by atoms with van der Waals surface area (Å²) in [5, 5.41) is 0. The van der Waals surface area contributed by atoms with Crippen LogP contribution >= 0.6 is 0 Å². The predicted octanol–water partition coefficient (Wildman–Crippen LogP) is 3.66. The molecule has 0 unspecified atom stereocenters. The molecule has 0 bridgehead atoms. The minimum absolute atomic E-state index is 0.917. The molecule has 0 aromatic heterocycles. The molecule has 0 aliphatic rings. The van der Waals surface area contributed by atoms with E-state index in [1.165, 1.54) is 11.1 Å². The Balaban J connectivity index is 2.20. The van der Waals surface area contributed by atoms with Crippen LogP contribution in [0.1, 0.15) is 25.8 Å². The van der Waals surface area contributed by atoms with E-state index in [0.29, 0.717) is 0 Å². The van der Waals surface area contributed by atoms with Gasteiger partial charge in [-0.05, 0) is 37.8 Å². The molecule has 0 aliphatic heterocycles. The Bertz CT molecular complexity index is 322. The molecule has 0 radical (unpaired) electrons. The Kier molecular flexibility index (Phi) is 5.46. The van der Waals surface area contributed by atoms with Crippen molar-refractivity contribution in [1.82, 2.24) is 0 Å². The zero-order valence-corrected chi connectivity index (χ0v) is 9.61. The van der Waals surface area contributed by atoms with Crippen LogP contribution in [0, 0.1) is 0 Å². The molecule has 0 saturated carbocycles. The molecular weight excluding hydrogens is 182 g/mol. The first-order valence-electron chi connectivity index (χ1n) is 5.49. The first-order chi connectivity index (χ1) is 7.33. The summed E-state index contributed by atoms with van der Waals surface area (Å²) in [6, 6.07) is 10.6. The van der Waals surface area contributed by atoms with E-state index in [-0.39, 0.29) is 0 Å². The number of rotatable bonds is 5. The van der Waals surface area contributed by atoms with Gasteiger partial charge in [-0.1, -0.05) is 36.4 Å². The molecule has 1 aromatic rings. The molecule has 1 aromatic carbocycles. The van der Waals surface area contributed by atoms with Gasteiger partial charge in [0, 0.05) is 12.8 Å². The van der Waals surface area contributed by atoms with Gasteiger partial charge >= 0.3 is 0 Å². The Labute approximate surface area is 92.6 Å². The molecule has 1 nitrogen and oxygen atoms in total. The first kappa shape index (κ1) is 11.7. The lowest BCUT2D eigenvalue weighted by molar-refractivity contribution is 0.836. The quantitative estimate of drug-likeness (QED) is 0.509. The summed E-state index contributed by atoms with van der Waals surface area (Å²) in [6.07, 6.45) is 6.26. The van der Waals surface area contributed by atoms with Crippen LogP contribution in [0.4, 0.5) is 0 Å². The van der Waals surface area contributed by atoms with Crippen LogP contribution in [0.15, 0.2) is 47.0 Å². The van der Waals surface area contributed by atoms with E-state index >= 15 is 0 Å². The normalized spacial score (nSPS) is 12.3. The van der Waals surface area contributed by atoms with Crippen molar-refractivity contribution in [2.45, 2.75) is 26.7 Å². The Morgan fingerprint density at radius 1 is 1.27 bits per heavy atom. The highest BCUT2D eigenvalue weighted by Crippen LogP contribution is 2.02. The van der Waals surface area contributed by atoms with Gasteiger partial charge in [0.25, 0.3) is 0 Å². The smallest absolute Gasteiger partial charge is 0.0392 e. The van der Waals surface area contributed by atoms with Crippen LogP contribution in [0.3, 0.4) is 0 Å². The van der Waals surface area contributed by atoms with Gasteiger partial charge in [-0.25, -0.2) is 0 Å². The maximum absolute atomic E-state index is 4.36. The van der Waals surface area contributed by atoms with E-state index in [2.05, 4.69) is 48.3 Å². The summed E-state index contributed by atoms with van der Waals surface area (Å²) < 4.78 is 0. The first-order valence-corrected chi connectivity index (χ1v) is 5.49. The topological polar surface area (TPSA) is 12.4 Å². The average Bonchev–Trinajstić information content (AvgIpc) is 2.29. The molecule has 0 fully saturated rings. The monoisotopic (exact) mass is 201 g/mol. The van der Waals surface area contributed by atoms with Crippen LogP contribution in [-0.4, -0.2) is 12.8 Å². The average molecular weight is 201 g/mol. The number of hydrogen-bond donors (Lipinski definition) is 0. The van der Waals surface area contributed by atoms with Crippen molar-refractivity contribution in [3.05, 3.63) is 47.5 Å². The van der Waals surface area contributed by atoms with Crippen molar-refractivity contribution in [3.63, 3.8) is 0 Å². The van der Waals surface area contributed by atoms with E-state index < -0.39 is 0 Å². The Morgan fingerprint density at radius 2 is 2.00 bits per heavy atom. The molecule has 0 amide bonds. The van der Waals surface area contributed by atoms with E-state index in [4.69, 9.17) is 0 Å². The standard InChI is InChI=1S/C14H19N/c1-3-13(2)12-15-11-7-10-14-8-5-4-6-9-14/h3-6,8-9,12H,7,10-11H2,1-2H3/b13-3-,15-12?. The largest absolute Gasteiger partial charge is 0.293 e. The fourth-order valence-corrected chi connectivity index (χ4v) is 1.30. The van der Waals surface area contributed by atoms with E-state index in [9.17, 15) is 0 Å². The third kappa shape index (κ3) is 5.16. The predicted molar refractivity (Wildman–Crippen MR) is 67.6 cm³/mol.